The molecule has 23 heavy (non-hydrogen) atoms. The maximum atomic E-state index is 15.0. The summed E-state index contributed by atoms with van der Waals surface area (Å²) in [5.74, 6) is 0.875. The van der Waals surface area contributed by atoms with Crippen LogP contribution in [0, 0.1) is 5.92 Å². The van der Waals surface area contributed by atoms with Crippen molar-refractivity contribution in [3.05, 3.63) is 0 Å². The quantitative estimate of drug-likeness (QED) is 0.799. The fraction of sp³-hybridized carbons (Fsp3) is 0.875. The molecule has 0 aromatic rings. The van der Waals surface area contributed by atoms with Crippen LogP contribution in [0.2, 0.25) is 0 Å². The van der Waals surface area contributed by atoms with E-state index < -0.39 is 17.4 Å². The molecule has 132 valence electrons. The zero-order chi connectivity index (χ0) is 17.3. The summed E-state index contributed by atoms with van der Waals surface area (Å²) in [6.07, 6.45) is 0.541. The first-order chi connectivity index (χ1) is 10.6. The van der Waals surface area contributed by atoms with Crippen molar-refractivity contribution >= 4 is 24.6 Å². The van der Waals surface area contributed by atoms with E-state index in [2.05, 4.69) is 12.6 Å². The average Bonchev–Trinajstić information content (AvgIpc) is 2.77. The lowest BCUT2D eigenvalue weighted by Gasteiger charge is -2.38. The number of thiol groups is 1. The van der Waals surface area contributed by atoms with Crippen LogP contribution in [-0.2, 0) is 9.53 Å². The third-order valence-electron chi connectivity index (χ3n) is 4.34. The molecule has 1 atom stereocenters. The lowest BCUT2D eigenvalue weighted by atomic mass is 9.93. The molecule has 2 rings (SSSR count). The molecule has 0 N–H and O–H groups in total. The van der Waals surface area contributed by atoms with Gasteiger partial charge in [0.05, 0.1) is 6.54 Å². The molecule has 0 bridgehead atoms. The molecule has 1 unspecified atom stereocenters. The smallest absolute Gasteiger partial charge is 0.410 e. The molecule has 0 radical (unpaired) electrons. The van der Waals surface area contributed by atoms with Gasteiger partial charge in [0.15, 0.2) is 0 Å². The van der Waals surface area contributed by atoms with Crippen LogP contribution in [0.1, 0.15) is 40.0 Å². The first kappa shape index (κ1) is 18.4. The van der Waals surface area contributed by atoms with Gasteiger partial charge in [0.25, 0.3) is 0 Å². The van der Waals surface area contributed by atoms with Gasteiger partial charge in [0.2, 0.25) is 5.91 Å². The molecule has 0 aromatic heterocycles. The number of ether oxygens (including phenoxy) is 1. The Morgan fingerprint density at radius 1 is 1.39 bits per heavy atom. The zero-order valence-electron chi connectivity index (χ0n) is 14.2. The van der Waals surface area contributed by atoms with Crippen molar-refractivity contribution < 1.29 is 18.7 Å². The molecule has 5 nitrogen and oxygen atoms in total. The SMILES string of the molecule is CC(C)(C)OC(=O)N1CCC(F)(CN2CC(CS)CC2=O)CC1. The van der Waals surface area contributed by atoms with Crippen LogP contribution in [0.4, 0.5) is 9.18 Å². The van der Waals surface area contributed by atoms with E-state index >= 15 is 4.39 Å². The molecule has 0 spiro atoms. The summed E-state index contributed by atoms with van der Waals surface area (Å²) in [4.78, 5) is 27.1. The Bertz CT molecular complexity index is 459. The molecule has 2 amide bonds. The van der Waals surface area contributed by atoms with Gasteiger partial charge in [-0.2, -0.15) is 12.6 Å². The van der Waals surface area contributed by atoms with Crippen LogP contribution in [0.5, 0.6) is 0 Å². The highest BCUT2D eigenvalue weighted by atomic mass is 32.1. The minimum atomic E-state index is -1.42. The van der Waals surface area contributed by atoms with Crippen LogP contribution in [0.3, 0.4) is 0 Å². The monoisotopic (exact) mass is 346 g/mol. The minimum absolute atomic E-state index is 0.00986. The fourth-order valence-corrected chi connectivity index (χ4v) is 3.29. The van der Waals surface area contributed by atoms with Crippen molar-refractivity contribution in [2.24, 2.45) is 5.92 Å². The van der Waals surface area contributed by atoms with Crippen LogP contribution in [-0.4, -0.2) is 65.0 Å². The van der Waals surface area contributed by atoms with Gasteiger partial charge >= 0.3 is 6.09 Å². The predicted molar refractivity (Wildman–Crippen MR) is 89.4 cm³/mol. The van der Waals surface area contributed by atoms with Crippen LogP contribution in [0.15, 0.2) is 0 Å². The number of carbonyl (C=O) groups is 2. The zero-order valence-corrected chi connectivity index (χ0v) is 15.1. The number of hydrogen-bond donors (Lipinski definition) is 1. The Morgan fingerprint density at radius 2 is 2.00 bits per heavy atom. The highest BCUT2D eigenvalue weighted by Gasteiger charge is 2.41. The van der Waals surface area contributed by atoms with Gasteiger partial charge in [-0.1, -0.05) is 0 Å². The van der Waals surface area contributed by atoms with E-state index in [4.69, 9.17) is 4.74 Å². The van der Waals surface area contributed by atoms with Gasteiger partial charge in [0, 0.05) is 38.9 Å². The highest BCUT2D eigenvalue weighted by Crippen LogP contribution is 2.31. The minimum Gasteiger partial charge on any atom is -0.444 e. The fourth-order valence-electron chi connectivity index (χ4n) is 3.05. The summed E-state index contributed by atoms with van der Waals surface area (Å²) in [7, 11) is 0. The van der Waals surface area contributed by atoms with Crippen molar-refractivity contribution in [1.82, 2.24) is 9.80 Å². The molecule has 2 fully saturated rings. The molecule has 2 saturated heterocycles. The normalized spacial score (nSPS) is 24.9. The lowest BCUT2D eigenvalue weighted by Crippen LogP contribution is -2.50. The van der Waals surface area contributed by atoms with Gasteiger partial charge in [-0.05, 0) is 32.4 Å². The van der Waals surface area contributed by atoms with Gasteiger partial charge < -0.3 is 14.5 Å². The molecule has 2 heterocycles. The molecule has 7 heteroatoms. The van der Waals surface area contributed by atoms with Crippen molar-refractivity contribution in [3.8, 4) is 0 Å². The predicted octanol–water partition coefficient (Wildman–Crippen LogP) is 2.50. The van der Waals surface area contributed by atoms with Crippen molar-refractivity contribution in [2.75, 3.05) is 31.9 Å². The first-order valence-electron chi connectivity index (χ1n) is 8.17. The largest absolute Gasteiger partial charge is 0.444 e. The van der Waals surface area contributed by atoms with Crippen LogP contribution >= 0.6 is 12.6 Å². The number of halogens is 1. The van der Waals surface area contributed by atoms with E-state index in [-0.39, 0.29) is 31.2 Å². The summed E-state index contributed by atoms with van der Waals surface area (Å²) in [5.41, 5.74) is -1.97. The summed E-state index contributed by atoms with van der Waals surface area (Å²) < 4.78 is 20.3. The van der Waals surface area contributed by atoms with Crippen molar-refractivity contribution in [3.63, 3.8) is 0 Å². The summed E-state index contributed by atoms with van der Waals surface area (Å²) in [5, 5.41) is 0. The molecule has 0 aromatic carbocycles. The van der Waals surface area contributed by atoms with Crippen molar-refractivity contribution in [1.29, 1.82) is 0 Å². The van der Waals surface area contributed by atoms with Gasteiger partial charge in [-0.25, -0.2) is 9.18 Å². The third kappa shape index (κ3) is 4.99. The highest BCUT2D eigenvalue weighted by molar-refractivity contribution is 7.80. The maximum Gasteiger partial charge on any atom is 0.410 e. The Morgan fingerprint density at radius 3 is 2.48 bits per heavy atom. The number of carbonyl (C=O) groups excluding carboxylic acids is 2. The first-order valence-corrected chi connectivity index (χ1v) is 8.81. The maximum absolute atomic E-state index is 15.0. The summed E-state index contributed by atoms with van der Waals surface area (Å²) in [6.45, 7) is 6.79. The number of likely N-dealkylation sites (tertiary alicyclic amines) is 2. The summed E-state index contributed by atoms with van der Waals surface area (Å²) >= 11 is 4.22. The van der Waals surface area contributed by atoms with Gasteiger partial charge in [-0.15, -0.1) is 0 Å². The van der Waals surface area contributed by atoms with Gasteiger partial charge in [-0.3, -0.25) is 4.79 Å². The second-order valence-corrected chi connectivity index (χ2v) is 8.01. The average molecular weight is 346 g/mol. The number of alkyl halides is 1. The third-order valence-corrected chi connectivity index (χ3v) is 4.85. The number of hydrogen-bond acceptors (Lipinski definition) is 4. The van der Waals surface area contributed by atoms with Crippen LogP contribution < -0.4 is 0 Å². The van der Waals surface area contributed by atoms with Crippen molar-refractivity contribution in [2.45, 2.75) is 51.3 Å². The molecule has 0 saturated carbocycles. The second kappa shape index (κ2) is 6.87. The number of nitrogens with zero attached hydrogens (tertiary/aromatic N) is 2. The second-order valence-electron chi connectivity index (χ2n) is 7.65. The summed E-state index contributed by atoms with van der Waals surface area (Å²) in [6, 6.07) is 0. The van der Waals surface area contributed by atoms with E-state index in [0.717, 1.165) is 0 Å². The van der Waals surface area contributed by atoms with Gasteiger partial charge in [0.1, 0.15) is 11.3 Å². The number of rotatable bonds is 3. The molecule has 2 aliphatic rings. The Kier molecular flexibility index (Phi) is 5.48. The van der Waals surface area contributed by atoms with E-state index in [1.54, 1.807) is 9.80 Å². The Labute approximate surface area is 142 Å². The molecule has 0 aliphatic carbocycles. The standard InChI is InChI=1S/C16H27FN2O3S/c1-15(2,3)22-14(21)18-6-4-16(17,5-7-18)11-19-9-12(10-23)8-13(19)20/h12,23H,4-11H2,1-3H3. The number of amides is 2. The van der Waals surface area contributed by atoms with Crippen LogP contribution in [0.25, 0.3) is 0 Å². The van der Waals surface area contributed by atoms with E-state index in [1.807, 2.05) is 20.8 Å². The van der Waals surface area contributed by atoms with E-state index in [9.17, 15) is 9.59 Å². The molecular formula is C16H27FN2O3S. The van der Waals surface area contributed by atoms with E-state index in [1.165, 1.54) is 0 Å². The van der Waals surface area contributed by atoms with E-state index in [0.29, 0.717) is 31.8 Å². The molecule has 2 aliphatic heterocycles. The molecular weight excluding hydrogens is 319 g/mol. The Hall–Kier alpha value is -0.980. The lowest BCUT2D eigenvalue weighted by molar-refractivity contribution is -0.130. The Balaban J connectivity index is 1.85. The number of piperidine rings is 1. The topological polar surface area (TPSA) is 49.9 Å².